The largest absolute Gasteiger partial charge is 0.492 e. The first-order valence-electron chi connectivity index (χ1n) is 7.85. The van der Waals surface area contributed by atoms with Gasteiger partial charge in [-0.2, -0.15) is 0 Å². The Kier molecular flexibility index (Phi) is 5.01. The number of benzene rings is 2. The van der Waals surface area contributed by atoms with Crippen LogP contribution < -0.4 is 15.4 Å². The Morgan fingerprint density at radius 1 is 1.19 bits per heavy atom. The molecule has 1 atom stereocenters. The van der Waals surface area contributed by atoms with Crippen LogP contribution in [0, 0.1) is 11.6 Å². The second kappa shape index (κ2) is 7.38. The van der Waals surface area contributed by atoms with Gasteiger partial charge in [0.2, 0.25) is 0 Å². The Morgan fingerprint density at radius 2 is 1.92 bits per heavy atom. The molecule has 1 heterocycles. The molecule has 0 spiro atoms. The van der Waals surface area contributed by atoms with Crippen molar-refractivity contribution in [2.24, 2.45) is 0 Å². The van der Waals surface area contributed by atoms with E-state index in [1.165, 1.54) is 13.2 Å². The van der Waals surface area contributed by atoms with Gasteiger partial charge < -0.3 is 20.1 Å². The van der Waals surface area contributed by atoms with Crippen molar-refractivity contribution < 1.29 is 27.8 Å². The third-order valence-corrected chi connectivity index (χ3v) is 3.92. The van der Waals surface area contributed by atoms with Crippen molar-refractivity contribution in [1.82, 2.24) is 5.32 Å². The molecular formula is C18H16F2N2O4. The summed E-state index contributed by atoms with van der Waals surface area (Å²) in [6, 6.07) is 7.27. The Bertz CT molecular complexity index is 837. The number of anilines is 1. The summed E-state index contributed by atoms with van der Waals surface area (Å²) in [5, 5.41) is 5.13. The highest BCUT2D eigenvalue weighted by molar-refractivity contribution is 6.06. The minimum absolute atomic E-state index is 0.00912. The van der Waals surface area contributed by atoms with Crippen molar-refractivity contribution >= 4 is 17.7 Å². The quantitative estimate of drug-likeness (QED) is 0.877. The predicted molar refractivity (Wildman–Crippen MR) is 89.1 cm³/mol. The maximum Gasteiger partial charge on any atom is 0.407 e. The Morgan fingerprint density at radius 3 is 2.62 bits per heavy atom. The molecule has 0 unspecified atom stereocenters. The molecule has 0 bridgehead atoms. The SMILES string of the molecule is COC(=O)N[C@H]1CCOc2c(C(=O)Nc3cc(F)cc(F)c3)cccc21. The first-order valence-corrected chi connectivity index (χ1v) is 7.85. The van der Waals surface area contributed by atoms with Gasteiger partial charge in [0.05, 0.1) is 25.3 Å². The lowest BCUT2D eigenvalue weighted by atomic mass is 9.97. The number of hydrogen-bond acceptors (Lipinski definition) is 4. The summed E-state index contributed by atoms with van der Waals surface area (Å²) in [6.07, 6.45) is -0.0737. The van der Waals surface area contributed by atoms with Crippen LogP contribution in [-0.4, -0.2) is 25.7 Å². The maximum absolute atomic E-state index is 13.3. The van der Waals surface area contributed by atoms with Gasteiger partial charge in [-0.25, -0.2) is 13.6 Å². The van der Waals surface area contributed by atoms with Gasteiger partial charge >= 0.3 is 6.09 Å². The molecule has 2 amide bonds. The van der Waals surface area contributed by atoms with E-state index in [0.717, 1.165) is 12.1 Å². The lowest BCUT2D eigenvalue weighted by Crippen LogP contribution is -2.32. The number of alkyl carbamates (subject to hydrolysis) is 1. The van der Waals surface area contributed by atoms with Gasteiger partial charge in [0.1, 0.15) is 17.4 Å². The molecule has 0 fully saturated rings. The Balaban J connectivity index is 1.88. The van der Waals surface area contributed by atoms with E-state index in [9.17, 15) is 18.4 Å². The van der Waals surface area contributed by atoms with Gasteiger partial charge in [-0.1, -0.05) is 12.1 Å². The minimum atomic E-state index is -0.797. The van der Waals surface area contributed by atoms with Crippen LogP contribution in [0.3, 0.4) is 0 Å². The summed E-state index contributed by atoms with van der Waals surface area (Å²) in [6.45, 7) is 0.292. The fourth-order valence-electron chi connectivity index (χ4n) is 2.78. The number of ether oxygens (including phenoxy) is 2. The van der Waals surface area contributed by atoms with Gasteiger partial charge in [-0.3, -0.25) is 4.79 Å². The molecule has 0 saturated heterocycles. The number of halogens is 2. The highest BCUT2D eigenvalue weighted by Crippen LogP contribution is 2.35. The van der Waals surface area contributed by atoms with Crippen molar-refractivity contribution in [2.45, 2.75) is 12.5 Å². The molecular weight excluding hydrogens is 346 g/mol. The smallest absolute Gasteiger partial charge is 0.407 e. The molecule has 0 aromatic heterocycles. The van der Waals surface area contributed by atoms with Crippen LogP contribution in [0.25, 0.3) is 0 Å². The summed E-state index contributed by atoms with van der Waals surface area (Å²) in [5.41, 5.74) is 0.813. The fraction of sp³-hybridized carbons (Fsp3) is 0.222. The average Bonchev–Trinajstić information content (AvgIpc) is 2.60. The zero-order valence-electron chi connectivity index (χ0n) is 13.8. The van der Waals surface area contributed by atoms with Crippen molar-refractivity contribution in [3.8, 4) is 5.75 Å². The second-order valence-corrected chi connectivity index (χ2v) is 5.66. The highest BCUT2D eigenvalue weighted by Gasteiger charge is 2.27. The highest BCUT2D eigenvalue weighted by atomic mass is 19.1. The van der Waals surface area contributed by atoms with Gasteiger partial charge in [0, 0.05) is 23.7 Å². The monoisotopic (exact) mass is 362 g/mol. The van der Waals surface area contributed by atoms with Crippen molar-refractivity contribution in [3.63, 3.8) is 0 Å². The minimum Gasteiger partial charge on any atom is -0.492 e. The van der Waals surface area contributed by atoms with Crippen molar-refractivity contribution in [1.29, 1.82) is 0 Å². The molecule has 0 radical (unpaired) electrons. The number of nitrogens with one attached hydrogen (secondary N) is 2. The number of methoxy groups -OCH3 is 1. The van der Waals surface area contributed by atoms with E-state index in [2.05, 4.69) is 15.4 Å². The summed E-state index contributed by atoms with van der Waals surface area (Å²) in [5.74, 6) is -1.86. The van der Waals surface area contributed by atoms with Crippen LogP contribution >= 0.6 is 0 Å². The van der Waals surface area contributed by atoms with E-state index < -0.39 is 23.6 Å². The fourth-order valence-corrected chi connectivity index (χ4v) is 2.78. The number of carbonyl (C=O) groups is 2. The zero-order chi connectivity index (χ0) is 18.7. The van der Waals surface area contributed by atoms with E-state index in [0.29, 0.717) is 30.4 Å². The predicted octanol–water partition coefficient (Wildman–Crippen LogP) is 3.40. The number of rotatable bonds is 3. The number of carbonyl (C=O) groups excluding carboxylic acids is 2. The van der Waals surface area contributed by atoms with E-state index >= 15 is 0 Å². The molecule has 3 rings (SSSR count). The summed E-state index contributed by atoms with van der Waals surface area (Å²) in [4.78, 5) is 24.0. The van der Waals surface area contributed by atoms with E-state index in [4.69, 9.17) is 4.74 Å². The number of fused-ring (bicyclic) bond motifs is 1. The Hall–Kier alpha value is -3.16. The van der Waals surface area contributed by atoms with E-state index in [1.54, 1.807) is 12.1 Å². The number of amides is 2. The average molecular weight is 362 g/mol. The van der Waals surface area contributed by atoms with E-state index in [1.807, 2.05) is 0 Å². The lowest BCUT2D eigenvalue weighted by Gasteiger charge is -2.27. The van der Waals surface area contributed by atoms with Crippen molar-refractivity contribution in [3.05, 3.63) is 59.2 Å². The first-order chi connectivity index (χ1) is 12.5. The molecule has 2 aromatic rings. The third-order valence-electron chi connectivity index (χ3n) is 3.92. The summed E-state index contributed by atoms with van der Waals surface area (Å²) < 4.78 is 36.8. The summed E-state index contributed by atoms with van der Waals surface area (Å²) >= 11 is 0. The van der Waals surface area contributed by atoms with Crippen molar-refractivity contribution in [2.75, 3.05) is 19.0 Å². The Labute approximate surface area is 148 Å². The van der Waals surface area contributed by atoms with Crippen LogP contribution in [0.15, 0.2) is 36.4 Å². The van der Waals surface area contributed by atoms with Gasteiger partial charge in [-0.15, -0.1) is 0 Å². The molecule has 26 heavy (non-hydrogen) atoms. The molecule has 0 saturated carbocycles. The van der Waals surface area contributed by atoms with Crippen LogP contribution in [0.4, 0.5) is 19.3 Å². The third kappa shape index (κ3) is 3.74. The van der Waals surface area contributed by atoms with Gasteiger partial charge in [0.25, 0.3) is 5.91 Å². The lowest BCUT2D eigenvalue weighted by molar-refractivity contribution is 0.102. The molecule has 1 aliphatic rings. The first kappa shape index (κ1) is 17.7. The molecule has 1 aliphatic heterocycles. The number of para-hydroxylation sites is 1. The van der Waals surface area contributed by atoms with Crippen LogP contribution in [0.5, 0.6) is 5.75 Å². The molecule has 2 N–H and O–H groups in total. The van der Waals surface area contributed by atoms with Crippen LogP contribution in [0.2, 0.25) is 0 Å². The van der Waals surface area contributed by atoms with E-state index in [-0.39, 0.29) is 17.3 Å². The molecule has 2 aromatic carbocycles. The number of hydrogen-bond donors (Lipinski definition) is 2. The molecule has 136 valence electrons. The molecule has 0 aliphatic carbocycles. The van der Waals surface area contributed by atoms with Crippen LogP contribution in [0.1, 0.15) is 28.4 Å². The van der Waals surface area contributed by atoms with Gasteiger partial charge in [0.15, 0.2) is 0 Å². The normalized spacial score (nSPS) is 15.4. The molecule has 8 heteroatoms. The summed E-state index contributed by atoms with van der Waals surface area (Å²) in [7, 11) is 1.26. The van der Waals surface area contributed by atoms with Crippen LogP contribution in [-0.2, 0) is 4.74 Å². The van der Waals surface area contributed by atoms with Gasteiger partial charge in [-0.05, 0) is 18.2 Å². The second-order valence-electron chi connectivity index (χ2n) is 5.66. The molecule has 6 nitrogen and oxygen atoms in total. The topological polar surface area (TPSA) is 76.7 Å². The maximum atomic E-state index is 13.3. The zero-order valence-corrected chi connectivity index (χ0v) is 13.8. The standard InChI is InChI=1S/C18H16F2N2O4/c1-25-18(24)22-15-5-6-26-16-13(15)3-2-4-14(16)17(23)21-12-8-10(19)7-11(20)9-12/h2-4,7-9,15H,5-6H2,1H3,(H,21,23)(H,22,24)/t15-/m0/s1.